The first-order valence-corrected chi connectivity index (χ1v) is 21.1. The van der Waals surface area contributed by atoms with Gasteiger partial charge in [0.05, 0.1) is 13.7 Å². The lowest BCUT2D eigenvalue weighted by molar-refractivity contribution is -0.138. The highest BCUT2D eigenvalue weighted by Crippen LogP contribution is 2.20. The number of H-pyrrole nitrogens is 1. The third kappa shape index (κ3) is 12.7. The Bertz CT molecular complexity index is 2140. The van der Waals surface area contributed by atoms with Gasteiger partial charge in [-0.1, -0.05) is 65.0 Å². The zero-order valence-corrected chi connectivity index (χ0v) is 36.2. The van der Waals surface area contributed by atoms with Gasteiger partial charge in [0, 0.05) is 74.3 Å². The van der Waals surface area contributed by atoms with Crippen LogP contribution in [0.3, 0.4) is 0 Å². The van der Waals surface area contributed by atoms with Crippen molar-refractivity contribution in [1.82, 2.24) is 46.0 Å². The Hall–Kier alpha value is -6.19. The largest absolute Gasteiger partial charge is 0.497 e. The highest BCUT2D eigenvalue weighted by Gasteiger charge is 2.34. The van der Waals surface area contributed by atoms with Crippen LogP contribution in [-0.2, 0) is 54.6 Å². The van der Waals surface area contributed by atoms with Crippen molar-refractivity contribution in [3.05, 3.63) is 84.1 Å². The van der Waals surface area contributed by atoms with Crippen LogP contribution in [-0.4, -0.2) is 105 Å². The van der Waals surface area contributed by atoms with E-state index in [4.69, 9.17) is 4.74 Å². The number of benzene rings is 2. The van der Waals surface area contributed by atoms with E-state index in [-0.39, 0.29) is 50.0 Å². The Balaban J connectivity index is 1.52. The average molecular weight is 840 g/mol. The van der Waals surface area contributed by atoms with Crippen molar-refractivity contribution in [2.45, 2.75) is 110 Å². The second-order valence-corrected chi connectivity index (χ2v) is 16.5. The lowest BCUT2D eigenvalue weighted by Gasteiger charge is -2.32. The summed E-state index contributed by atoms with van der Waals surface area (Å²) in [6.07, 6.45) is 6.33. The predicted octanol–water partition coefficient (Wildman–Crippen LogP) is 2.80. The standard InChI is InChI=1S/C45H61N9O7/c1-8-39-46-18-20-53(39)19-17-41(56)54-25-38(28(4)5)52-42(57)29(6)48-43(58)36(22-30-13-15-32(61-7)16-14-30)51-44(59)35(21-27(2)3)50-45(60)37(49-40(55)26-54)23-31-24-47-34-12-10-9-11-33(31)34/h9-16,18,20,24,27-29,35-38,47H,8,17,19,21-23,25-26H2,1-7H3,(H,48,58)(H,49,55)(H,50,60)(H,51,59)(H,52,57)/t29-,35+,36+,37-,38-/m1/s1. The fraction of sp³-hybridized carbons (Fsp3) is 0.489. The summed E-state index contributed by atoms with van der Waals surface area (Å²) in [7, 11) is 1.55. The van der Waals surface area contributed by atoms with Gasteiger partial charge in [-0.05, 0) is 54.5 Å². The van der Waals surface area contributed by atoms with Gasteiger partial charge in [0.15, 0.2) is 0 Å². The predicted molar refractivity (Wildman–Crippen MR) is 231 cm³/mol. The van der Waals surface area contributed by atoms with Crippen LogP contribution in [0.1, 0.15) is 71.3 Å². The normalized spacial score (nSPS) is 21.3. The molecule has 0 unspecified atom stereocenters. The molecule has 16 nitrogen and oxygen atoms in total. The molecule has 0 aliphatic carbocycles. The third-order valence-electron chi connectivity index (χ3n) is 11.0. The quantitative estimate of drug-likeness (QED) is 0.125. The summed E-state index contributed by atoms with van der Waals surface area (Å²) in [6, 6.07) is 9.58. The van der Waals surface area contributed by atoms with Crippen molar-refractivity contribution >= 4 is 46.3 Å². The number of fused-ring (bicyclic) bond motifs is 1. The van der Waals surface area contributed by atoms with Gasteiger partial charge < -0.3 is 45.8 Å². The topological polar surface area (TPSA) is 209 Å². The van der Waals surface area contributed by atoms with E-state index < -0.39 is 66.3 Å². The van der Waals surface area contributed by atoms with Crippen LogP contribution in [0.5, 0.6) is 5.75 Å². The molecule has 1 saturated heterocycles. The number of carbonyl (C=O) groups excluding carboxylic acids is 6. The number of aryl methyl sites for hydroxylation is 2. The van der Waals surface area contributed by atoms with Gasteiger partial charge in [0.2, 0.25) is 35.4 Å². The number of imidazole rings is 1. The van der Waals surface area contributed by atoms with Gasteiger partial charge >= 0.3 is 0 Å². The van der Waals surface area contributed by atoms with Crippen LogP contribution in [0.25, 0.3) is 10.9 Å². The number of methoxy groups -OCH3 is 1. The first kappa shape index (κ1) is 45.9. The molecule has 61 heavy (non-hydrogen) atoms. The first-order chi connectivity index (χ1) is 29.1. The summed E-state index contributed by atoms with van der Waals surface area (Å²) in [6.45, 7) is 11.0. The van der Waals surface area contributed by atoms with E-state index in [0.717, 1.165) is 27.9 Å². The molecule has 328 valence electrons. The maximum Gasteiger partial charge on any atom is 0.243 e. The molecule has 3 heterocycles. The highest BCUT2D eigenvalue weighted by molar-refractivity contribution is 5.96. The number of aromatic amines is 1. The molecule has 4 aromatic rings. The lowest BCUT2D eigenvalue weighted by atomic mass is 9.99. The van der Waals surface area contributed by atoms with E-state index in [1.165, 1.54) is 11.8 Å². The van der Waals surface area contributed by atoms with E-state index in [2.05, 4.69) is 36.6 Å². The summed E-state index contributed by atoms with van der Waals surface area (Å²) in [5.41, 5.74) is 2.32. The maximum absolute atomic E-state index is 14.4. The van der Waals surface area contributed by atoms with Gasteiger partial charge in [0.25, 0.3) is 0 Å². The van der Waals surface area contributed by atoms with E-state index in [0.29, 0.717) is 18.7 Å². The molecule has 2 aromatic heterocycles. The SMILES string of the molecule is CCc1nccn1CCC(=O)N1CC(=O)N[C@H](Cc2c[nH]c3ccccc23)C(=O)N[C@@H](CC(C)C)C(=O)N[C@@H](Cc2ccc(OC)cc2)C(=O)N[C@H](C)C(=O)N[C@@H](C(C)C)C1. The van der Waals surface area contributed by atoms with Gasteiger partial charge in [-0.25, -0.2) is 4.98 Å². The Kier molecular flexibility index (Phi) is 16.1. The van der Waals surface area contributed by atoms with E-state index >= 15 is 0 Å². The number of para-hydroxylation sites is 1. The summed E-state index contributed by atoms with van der Waals surface area (Å²) >= 11 is 0. The second-order valence-electron chi connectivity index (χ2n) is 16.5. The van der Waals surface area contributed by atoms with Crippen LogP contribution in [0.4, 0.5) is 0 Å². The lowest BCUT2D eigenvalue weighted by Crippen LogP contribution is -2.60. The highest BCUT2D eigenvalue weighted by atomic mass is 16.5. The van der Waals surface area contributed by atoms with Crippen molar-refractivity contribution in [2.75, 3.05) is 20.2 Å². The Morgan fingerprint density at radius 2 is 1.51 bits per heavy atom. The molecule has 1 aliphatic heterocycles. The number of hydrogen-bond acceptors (Lipinski definition) is 8. The minimum atomic E-state index is -1.16. The Labute approximate surface area is 357 Å². The first-order valence-electron chi connectivity index (χ1n) is 21.1. The zero-order chi connectivity index (χ0) is 44.2. The fourth-order valence-electron chi connectivity index (χ4n) is 7.43. The number of nitrogens with zero attached hydrogens (tertiary/aromatic N) is 3. The van der Waals surface area contributed by atoms with E-state index in [1.54, 1.807) is 50.0 Å². The molecular weight excluding hydrogens is 779 g/mol. The fourth-order valence-corrected chi connectivity index (χ4v) is 7.43. The molecule has 16 heteroatoms. The smallest absolute Gasteiger partial charge is 0.243 e. The van der Waals surface area contributed by atoms with Gasteiger partial charge in [-0.15, -0.1) is 0 Å². The zero-order valence-electron chi connectivity index (χ0n) is 36.2. The number of ether oxygens (including phenoxy) is 1. The van der Waals surface area contributed by atoms with Gasteiger partial charge in [0.1, 0.15) is 35.7 Å². The monoisotopic (exact) mass is 839 g/mol. The van der Waals surface area contributed by atoms with Crippen molar-refractivity contribution < 1.29 is 33.5 Å². The van der Waals surface area contributed by atoms with Crippen LogP contribution in [0.2, 0.25) is 0 Å². The van der Waals surface area contributed by atoms with Gasteiger partial charge in [-0.3, -0.25) is 28.8 Å². The number of hydrogen-bond donors (Lipinski definition) is 6. The summed E-state index contributed by atoms with van der Waals surface area (Å²) < 4.78 is 7.19. The van der Waals surface area contributed by atoms with Crippen LogP contribution in [0, 0.1) is 11.8 Å². The second kappa shape index (κ2) is 21.4. The minimum Gasteiger partial charge on any atom is -0.497 e. The maximum atomic E-state index is 14.4. The Morgan fingerprint density at radius 1 is 0.836 bits per heavy atom. The molecule has 1 fully saturated rings. The van der Waals surface area contributed by atoms with Crippen LogP contribution < -0.4 is 31.3 Å². The number of rotatable bonds is 12. The van der Waals surface area contributed by atoms with Crippen LogP contribution >= 0.6 is 0 Å². The van der Waals surface area contributed by atoms with E-state index in [9.17, 15) is 28.8 Å². The Morgan fingerprint density at radius 3 is 2.20 bits per heavy atom. The molecule has 5 atom stereocenters. The molecule has 6 amide bonds. The van der Waals surface area contributed by atoms with E-state index in [1.807, 2.05) is 63.5 Å². The summed E-state index contributed by atoms with van der Waals surface area (Å²) in [4.78, 5) is 93.7. The molecule has 0 bridgehead atoms. The van der Waals surface area contributed by atoms with Gasteiger partial charge in [-0.2, -0.15) is 0 Å². The summed E-state index contributed by atoms with van der Waals surface area (Å²) in [5.74, 6) is -2.08. The molecular formula is C45H61N9O7. The van der Waals surface area contributed by atoms with Crippen molar-refractivity contribution in [3.8, 4) is 5.75 Å². The molecule has 5 rings (SSSR count). The third-order valence-corrected chi connectivity index (χ3v) is 11.0. The molecule has 0 spiro atoms. The molecule has 2 aromatic carbocycles. The van der Waals surface area contributed by atoms with Crippen molar-refractivity contribution in [1.29, 1.82) is 0 Å². The van der Waals surface area contributed by atoms with Crippen molar-refractivity contribution in [2.24, 2.45) is 11.8 Å². The number of amides is 6. The van der Waals surface area contributed by atoms with Crippen LogP contribution in [0.15, 0.2) is 67.1 Å². The number of aromatic nitrogens is 3. The molecule has 0 radical (unpaired) electrons. The van der Waals surface area contributed by atoms with Crippen molar-refractivity contribution in [3.63, 3.8) is 0 Å². The molecule has 1 aliphatic rings. The number of carbonyl (C=O) groups is 6. The molecule has 6 N–H and O–H groups in total. The minimum absolute atomic E-state index is 0.0210. The number of nitrogens with one attached hydrogen (secondary N) is 6. The molecule has 0 saturated carbocycles. The average Bonchev–Trinajstić information content (AvgIpc) is 3.87. The summed E-state index contributed by atoms with van der Waals surface area (Å²) in [5, 5.41) is 15.3.